The molecule has 4 rings (SSSR count). The summed E-state index contributed by atoms with van der Waals surface area (Å²) in [5.74, 6) is -0.771. The Morgan fingerprint density at radius 2 is 2.04 bits per heavy atom. The van der Waals surface area contributed by atoms with E-state index < -0.39 is 41.3 Å². The van der Waals surface area contributed by atoms with Crippen LogP contribution in [0.5, 0.6) is 0 Å². The second-order valence-electron chi connectivity index (χ2n) is 7.00. The summed E-state index contributed by atoms with van der Waals surface area (Å²) < 4.78 is 39.7. The van der Waals surface area contributed by atoms with Gasteiger partial charge in [0.1, 0.15) is 6.04 Å². The zero-order valence-electron chi connectivity index (χ0n) is 14.7. The number of carbonyl (C=O) groups excluding carboxylic acids is 3. The van der Waals surface area contributed by atoms with Crippen LogP contribution in [0.1, 0.15) is 30.9 Å². The molecule has 4 amide bonds. The van der Waals surface area contributed by atoms with Gasteiger partial charge in [-0.15, -0.1) is 0 Å². The molecule has 0 unspecified atom stereocenters. The number of benzene rings is 1. The van der Waals surface area contributed by atoms with Crippen LogP contribution in [0, 0.1) is 11.3 Å². The molecule has 3 atom stereocenters. The molecule has 0 saturated carbocycles. The molecule has 3 heterocycles. The lowest BCUT2D eigenvalue weighted by Gasteiger charge is -2.34. The maximum Gasteiger partial charge on any atom is 0.417 e. The van der Waals surface area contributed by atoms with Crippen molar-refractivity contribution < 1.29 is 27.6 Å². The first kappa shape index (κ1) is 18.3. The Morgan fingerprint density at radius 3 is 2.64 bits per heavy atom. The van der Waals surface area contributed by atoms with E-state index in [1.807, 2.05) is 0 Å². The van der Waals surface area contributed by atoms with E-state index in [1.54, 1.807) is 11.8 Å². The van der Waals surface area contributed by atoms with Gasteiger partial charge in [0.05, 0.1) is 35.0 Å². The summed E-state index contributed by atoms with van der Waals surface area (Å²) in [6.45, 7) is 2.03. The van der Waals surface area contributed by atoms with Crippen molar-refractivity contribution in [2.75, 3.05) is 11.4 Å². The topological polar surface area (TPSA) is 84.7 Å². The van der Waals surface area contributed by atoms with Crippen LogP contribution >= 0.6 is 0 Å². The molecule has 0 N–H and O–H groups in total. The fourth-order valence-corrected chi connectivity index (χ4v) is 4.39. The summed E-state index contributed by atoms with van der Waals surface area (Å²) in [4.78, 5) is 41.5. The van der Waals surface area contributed by atoms with Crippen molar-refractivity contribution in [1.29, 1.82) is 5.26 Å². The number of carbonyl (C=O) groups is 3. The lowest BCUT2D eigenvalue weighted by molar-refractivity contribution is -0.138. The summed E-state index contributed by atoms with van der Waals surface area (Å²) in [5, 5.41) is 8.91. The van der Waals surface area contributed by atoms with Crippen molar-refractivity contribution in [3.05, 3.63) is 29.3 Å². The Kier molecular flexibility index (Phi) is 3.89. The molecule has 3 saturated heterocycles. The van der Waals surface area contributed by atoms with Crippen molar-refractivity contribution >= 4 is 23.5 Å². The number of alkyl halides is 3. The average Bonchev–Trinajstić information content (AvgIpc) is 3.31. The van der Waals surface area contributed by atoms with E-state index in [-0.39, 0.29) is 24.1 Å². The number of urea groups is 1. The SMILES string of the molecule is CCC(=O)N1C[C@@H]2C[C@H]1[C@@H]1C(=O)N(c3ccc(C#N)c(C(F)(F)F)c3)C(=O)N21. The molecule has 0 radical (unpaired) electrons. The molecule has 0 aliphatic carbocycles. The monoisotopic (exact) mass is 392 g/mol. The van der Waals surface area contributed by atoms with Crippen LogP contribution in [-0.2, 0) is 15.8 Å². The summed E-state index contributed by atoms with van der Waals surface area (Å²) >= 11 is 0. The van der Waals surface area contributed by atoms with Crippen LogP contribution in [0.4, 0.5) is 23.7 Å². The zero-order chi connectivity index (χ0) is 20.4. The van der Waals surface area contributed by atoms with Gasteiger partial charge in [-0.2, -0.15) is 18.4 Å². The van der Waals surface area contributed by atoms with E-state index in [9.17, 15) is 27.6 Å². The van der Waals surface area contributed by atoms with Crippen LogP contribution < -0.4 is 4.90 Å². The van der Waals surface area contributed by atoms with Crippen LogP contribution in [0.25, 0.3) is 0 Å². The number of amides is 4. The zero-order valence-corrected chi connectivity index (χ0v) is 14.7. The number of rotatable bonds is 2. The third kappa shape index (κ3) is 2.38. The Labute approximate surface area is 157 Å². The van der Waals surface area contributed by atoms with Crippen LogP contribution in [0.15, 0.2) is 18.2 Å². The lowest BCUT2D eigenvalue weighted by Crippen LogP contribution is -2.54. The van der Waals surface area contributed by atoms with Gasteiger partial charge in [-0.25, -0.2) is 9.69 Å². The van der Waals surface area contributed by atoms with Gasteiger partial charge in [-0.1, -0.05) is 6.92 Å². The largest absolute Gasteiger partial charge is 0.417 e. The average molecular weight is 392 g/mol. The number of nitrogens with zero attached hydrogens (tertiary/aromatic N) is 4. The molecule has 28 heavy (non-hydrogen) atoms. The van der Waals surface area contributed by atoms with E-state index in [1.165, 1.54) is 11.0 Å². The number of hydrogen-bond acceptors (Lipinski definition) is 4. The second kappa shape index (κ2) is 5.95. The fraction of sp³-hybridized carbons (Fsp3) is 0.444. The molecule has 1 aromatic carbocycles. The fourth-order valence-electron chi connectivity index (χ4n) is 4.39. The van der Waals surface area contributed by atoms with Gasteiger partial charge in [0.2, 0.25) is 5.91 Å². The Balaban J connectivity index is 1.71. The van der Waals surface area contributed by atoms with Gasteiger partial charge >= 0.3 is 12.2 Å². The number of hydrogen-bond donors (Lipinski definition) is 0. The van der Waals surface area contributed by atoms with Gasteiger partial charge in [0, 0.05) is 13.0 Å². The first-order valence-electron chi connectivity index (χ1n) is 8.76. The van der Waals surface area contributed by atoms with E-state index >= 15 is 0 Å². The van der Waals surface area contributed by atoms with Crippen molar-refractivity contribution in [2.24, 2.45) is 0 Å². The minimum atomic E-state index is -4.80. The highest BCUT2D eigenvalue weighted by Crippen LogP contribution is 2.43. The highest BCUT2D eigenvalue weighted by Gasteiger charge is 2.62. The minimum Gasteiger partial charge on any atom is -0.335 e. The Bertz CT molecular complexity index is 939. The molecular weight excluding hydrogens is 377 g/mol. The molecule has 3 aliphatic heterocycles. The predicted octanol–water partition coefficient (Wildman–Crippen LogP) is 2.11. The normalized spacial score (nSPS) is 26.1. The molecule has 1 aromatic rings. The summed E-state index contributed by atoms with van der Waals surface area (Å²) in [7, 11) is 0. The smallest absolute Gasteiger partial charge is 0.335 e. The molecule has 146 valence electrons. The number of fused-ring (bicyclic) bond motifs is 5. The quantitative estimate of drug-likeness (QED) is 0.722. The number of anilines is 1. The van der Waals surface area contributed by atoms with E-state index in [2.05, 4.69) is 0 Å². The Morgan fingerprint density at radius 1 is 1.32 bits per heavy atom. The molecule has 3 aliphatic rings. The molecule has 0 aromatic heterocycles. The third-order valence-electron chi connectivity index (χ3n) is 5.57. The van der Waals surface area contributed by atoms with Crippen molar-refractivity contribution in [1.82, 2.24) is 9.80 Å². The van der Waals surface area contributed by atoms with Crippen molar-refractivity contribution in [3.8, 4) is 6.07 Å². The van der Waals surface area contributed by atoms with E-state index in [4.69, 9.17) is 5.26 Å². The molecule has 7 nitrogen and oxygen atoms in total. The molecule has 10 heteroatoms. The minimum absolute atomic E-state index is 0.122. The molecule has 2 bridgehead atoms. The third-order valence-corrected chi connectivity index (χ3v) is 5.57. The van der Waals surface area contributed by atoms with Crippen LogP contribution in [0.2, 0.25) is 0 Å². The molecule has 0 spiro atoms. The lowest BCUT2D eigenvalue weighted by atomic mass is 10.1. The number of piperazine rings is 1. The number of nitriles is 1. The summed E-state index contributed by atoms with van der Waals surface area (Å²) in [5.41, 5.74) is -2.02. The highest BCUT2D eigenvalue weighted by molar-refractivity contribution is 6.22. The highest BCUT2D eigenvalue weighted by atomic mass is 19.4. The number of imide groups is 1. The van der Waals surface area contributed by atoms with E-state index in [0.717, 1.165) is 17.0 Å². The molecule has 3 fully saturated rings. The van der Waals surface area contributed by atoms with Gasteiger partial charge in [0.25, 0.3) is 5.91 Å². The second-order valence-corrected chi connectivity index (χ2v) is 7.00. The van der Waals surface area contributed by atoms with Gasteiger partial charge in [0.15, 0.2) is 0 Å². The van der Waals surface area contributed by atoms with Crippen molar-refractivity contribution in [3.63, 3.8) is 0 Å². The number of halogens is 3. The maximum absolute atomic E-state index is 13.2. The first-order valence-corrected chi connectivity index (χ1v) is 8.76. The summed E-state index contributed by atoms with van der Waals surface area (Å²) in [6.07, 6.45) is -4.04. The first-order chi connectivity index (χ1) is 13.2. The van der Waals surface area contributed by atoms with Gasteiger partial charge in [-0.3, -0.25) is 9.59 Å². The standard InChI is InChI=1S/C18H15F3N4O3/c1-2-14(26)23-8-11-6-13(23)15-16(27)25(17(28)24(11)15)10-4-3-9(7-22)12(5-10)18(19,20)21/h3-5,11,13,15H,2,6,8H2,1H3/t11-,13-,15+/m0/s1. The maximum atomic E-state index is 13.2. The van der Waals surface area contributed by atoms with Gasteiger partial charge < -0.3 is 9.80 Å². The predicted molar refractivity (Wildman–Crippen MR) is 88.9 cm³/mol. The van der Waals surface area contributed by atoms with E-state index in [0.29, 0.717) is 19.0 Å². The summed E-state index contributed by atoms with van der Waals surface area (Å²) in [6, 6.07) is 1.86. The van der Waals surface area contributed by atoms with Crippen LogP contribution in [0.3, 0.4) is 0 Å². The van der Waals surface area contributed by atoms with Crippen LogP contribution in [-0.4, -0.2) is 52.3 Å². The van der Waals surface area contributed by atoms with Crippen molar-refractivity contribution in [2.45, 2.75) is 44.1 Å². The molecular formula is C18H15F3N4O3. The van der Waals surface area contributed by atoms with Gasteiger partial charge in [-0.05, 0) is 24.6 Å². The Hall–Kier alpha value is -3.09. The number of likely N-dealkylation sites (tertiary alicyclic amines) is 1.